The topological polar surface area (TPSA) is 115 Å². The molecule has 0 heterocycles. The minimum atomic E-state index is -1.88. The van der Waals surface area contributed by atoms with E-state index in [4.69, 9.17) is 20.4 Å². The Labute approximate surface area is 80.8 Å². The van der Waals surface area contributed by atoms with Gasteiger partial charge in [0.1, 0.15) is 0 Å². The Bertz CT molecular complexity index is 202. The summed E-state index contributed by atoms with van der Waals surface area (Å²) in [4.78, 5) is 20.9. The third-order valence-corrected chi connectivity index (χ3v) is 1.87. The smallest absolute Gasteiger partial charge is 0.333 e. The summed E-state index contributed by atoms with van der Waals surface area (Å²) in [5, 5.41) is 34.5. The molecule has 82 valence electrons. The van der Waals surface area contributed by atoms with Gasteiger partial charge in [0.05, 0.1) is 5.92 Å². The molecule has 0 aliphatic rings. The Hall–Kier alpha value is -1.14. The van der Waals surface area contributed by atoms with Crippen LogP contribution < -0.4 is 0 Å². The fraction of sp³-hybridized carbons (Fsp3) is 0.750. The molecular weight excluding hydrogens is 192 g/mol. The van der Waals surface area contributed by atoms with Gasteiger partial charge in [-0.1, -0.05) is 6.42 Å². The van der Waals surface area contributed by atoms with E-state index in [0.29, 0.717) is 12.8 Å². The van der Waals surface area contributed by atoms with Gasteiger partial charge >= 0.3 is 11.9 Å². The monoisotopic (exact) mass is 206 g/mol. The van der Waals surface area contributed by atoms with E-state index in [9.17, 15) is 9.59 Å². The first-order valence-corrected chi connectivity index (χ1v) is 4.25. The summed E-state index contributed by atoms with van der Waals surface area (Å²) in [6.07, 6.45) is -1.07. The summed E-state index contributed by atoms with van der Waals surface area (Å²) >= 11 is 0. The van der Waals surface area contributed by atoms with E-state index >= 15 is 0 Å². The Kier molecular flexibility index (Phi) is 5.82. The normalized spacial score (nSPS) is 14.7. The van der Waals surface area contributed by atoms with Crippen molar-refractivity contribution in [2.45, 2.75) is 25.4 Å². The molecular formula is C8H14O6. The number of carbonyl (C=O) groups is 2. The number of hydrogen-bond donors (Lipinski definition) is 4. The van der Waals surface area contributed by atoms with Gasteiger partial charge < -0.3 is 20.4 Å². The van der Waals surface area contributed by atoms with Crippen LogP contribution >= 0.6 is 0 Å². The number of unbranched alkanes of at least 4 members (excludes halogenated alkanes) is 1. The second-order valence-corrected chi connectivity index (χ2v) is 2.95. The van der Waals surface area contributed by atoms with Gasteiger partial charge in [-0.3, -0.25) is 4.79 Å². The van der Waals surface area contributed by atoms with Crippen LogP contribution in [0.15, 0.2) is 0 Å². The molecule has 0 aliphatic heterocycles. The lowest BCUT2D eigenvalue weighted by molar-refractivity contribution is -0.159. The van der Waals surface area contributed by atoms with E-state index in [2.05, 4.69) is 0 Å². The molecule has 2 atom stereocenters. The van der Waals surface area contributed by atoms with Crippen molar-refractivity contribution >= 4 is 11.9 Å². The molecule has 0 aromatic heterocycles. The van der Waals surface area contributed by atoms with E-state index < -0.39 is 24.0 Å². The molecule has 6 heteroatoms. The third kappa shape index (κ3) is 4.20. The standard InChI is InChI=1S/C8H14O6/c9-4-2-1-3-5(7(11)12)6(10)8(13)14/h5-6,9-10H,1-4H2,(H,11,12)(H,13,14). The van der Waals surface area contributed by atoms with Crippen LogP contribution in [0.3, 0.4) is 0 Å². The van der Waals surface area contributed by atoms with Gasteiger partial charge in [0.25, 0.3) is 0 Å². The lowest BCUT2D eigenvalue weighted by atomic mass is 9.96. The lowest BCUT2D eigenvalue weighted by Gasteiger charge is -2.14. The average Bonchev–Trinajstić information content (AvgIpc) is 2.10. The highest BCUT2D eigenvalue weighted by Gasteiger charge is 2.31. The molecule has 6 nitrogen and oxygen atoms in total. The van der Waals surface area contributed by atoms with Crippen LogP contribution in [0.5, 0.6) is 0 Å². The fourth-order valence-corrected chi connectivity index (χ4v) is 1.06. The van der Waals surface area contributed by atoms with Gasteiger partial charge in [0.15, 0.2) is 6.10 Å². The molecule has 0 amide bonds. The molecule has 0 radical (unpaired) electrons. The van der Waals surface area contributed by atoms with Crippen molar-refractivity contribution in [3.8, 4) is 0 Å². The van der Waals surface area contributed by atoms with Gasteiger partial charge in [-0.15, -0.1) is 0 Å². The number of aliphatic hydroxyl groups is 2. The molecule has 4 N–H and O–H groups in total. The highest BCUT2D eigenvalue weighted by atomic mass is 16.4. The predicted octanol–water partition coefficient (Wildman–Crippen LogP) is -0.705. The number of aliphatic hydroxyl groups excluding tert-OH is 2. The van der Waals surface area contributed by atoms with Crippen molar-refractivity contribution in [1.82, 2.24) is 0 Å². The molecule has 0 rings (SSSR count). The molecule has 0 bridgehead atoms. The molecule has 2 unspecified atom stereocenters. The van der Waals surface area contributed by atoms with Crippen LogP contribution in [-0.2, 0) is 9.59 Å². The van der Waals surface area contributed by atoms with Crippen LogP contribution in [0.25, 0.3) is 0 Å². The number of rotatable bonds is 7. The van der Waals surface area contributed by atoms with Crippen molar-refractivity contribution < 1.29 is 30.0 Å². The number of carboxylic acids is 2. The highest BCUT2D eigenvalue weighted by molar-refractivity contribution is 5.81. The molecule has 14 heavy (non-hydrogen) atoms. The van der Waals surface area contributed by atoms with Crippen molar-refractivity contribution in [2.75, 3.05) is 6.61 Å². The molecule has 0 aromatic rings. The van der Waals surface area contributed by atoms with Crippen LogP contribution in [-0.4, -0.2) is 45.1 Å². The summed E-state index contributed by atoms with van der Waals surface area (Å²) < 4.78 is 0. The molecule has 0 aliphatic carbocycles. The van der Waals surface area contributed by atoms with Gasteiger partial charge in [-0.25, -0.2) is 4.79 Å². The minimum absolute atomic E-state index is 0.0450. The second-order valence-electron chi connectivity index (χ2n) is 2.95. The SMILES string of the molecule is O=C(O)C(O)C(CCCCO)C(=O)O. The summed E-state index contributed by atoms with van der Waals surface area (Å²) in [7, 11) is 0. The zero-order valence-corrected chi connectivity index (χ0v) is 7.59. The summed E-state index contributed by atoms with van der Waals surface area (Å²) in [6.45, 7) is -0.0739. The average molecular weight is 206 g/mol. The predicted molar refractivity (Wildman–Crippen MR) is 45.7 cm³/mol. The Morgan fingerprint density at radius 3 is 2.00 bits per heavy atom. The highest BCUT2D eigenvalue weighted by Crippen LogP contribution is 2.13. The van der Waals surface area contributed by atoms with Crippen LogP contribution in [0, 0.1) is 5.92 Å². The van der Waals surface area contributed by atoms with E-state index in [1.807, 2.05) is 0 Å². The van der Waals surface area contributed by atoms with Gasteiger partial charge in [0.2, 0.25) is 0 Å². The zero-order chi connectivity index (χ0) is 11.1. The maximum Gasteiger partial charge on any atom is 0.333 e. The largest absolute Gasteiger partial charge is 0.481 e. The molecule has 0 saturated heterocycles. The minimum Gasteiger partial charge on any atom is -0.481 e. The number of hydrogen-bond acceptors (Lipinski definition) is 4. The molecule has 0 saturated carbocycles. The van der Waals surface area contributed by atoms with Gasteiger partial charge in [-0.05, 0) is 12.8 Å². The fourth-order valence-electron chi connectivity index (χ4n) is 1.06. The zero-order valence-electron chi connectivity index (χ0n) is 7.59. The second kappa shape index (κ2) is 6.33. The Balaban J connectivity index is 4.15. The van der Waals surface area contributed by atoms with E-state index in [1.54, 1.807) is 0 Å². The number of carboxylic acid groups (broad SMARTS) is 2. The van der Waals surface area contributed by atoms with Crippen LogP contribution in [0.2, 0.25) is 0 Å². The van der Waals surface area contributed by atoms with Gasteiger partial charge in [-0.2, -0.15) is 0 Å². The summed E-state index contributed by atoms with van der Waals surface area (Å²) in [6, 6.07) is 0. The van der Waals surface area contributed by atoms with Crippen LogP contribution in [0.4, 0.5) is 0 Å². The quantitative estimate of drug-likeness (QED) is 0.409. The Morgan fingerprint density at radius 2 is 1.64 bits per heavy atom. The maximum absolute atomic E-state index is 10.6. The van der Waals surface area contributed by atoms with Crippen molar-refractivity contribution in [3.05, 3.63) is 0 Å². The molecule has 0 fully saturated rings. The molecule has 0 aromatic carbocycles. The van der Waals surface area contributed by atoms with Crippen molar-refractivity contribution in [1.29, 1.82) is 0 Å². The first-order chi connectivity index (χ1) is 6.50. The van der Waals surface area contributed by atoms with Gasteiger partial charge in [0, 0.05) is 6.61 Å². The first-order valence-electron chi connectivity index (χ1n) is 4.25. The first kappa shape index (κ1) is 12.9. The van der Waals surface area contributed by atoms with Crippen LogP contribution in [0.1, 0.15) is 19.3 Å². The maximum atomic E-state index is 10.6. The van der Waals surface area contributed by atoms with Crippen molar-refractivity contribution in [3.63, 3.8) is 0 Å². The van der Waals surface area contributed by atoms with Crippen molar-refractivity contribution in [2.24, 2.45) is 5.92 Å². The van der Waals surface area contributed by atoms with E-state index in [-0.39, 0.29) is 13.0 Å². The number of aliphatic carboxylic acids is 2. The summed E-state index contributed by atoms with van der Waals surface area (Å²) in [5.41, 5.74) is 0. The molecule has 0 spiro atoms. The lowest BCUT2D eigenvalue weighted by Crippen LogP contribution is -2.34. The Morgan fingerprint density at radius 1 is 1.07 bits per heavy atom. The van der Waals surface area contributed by atoms with E-state index in [1.165, 1.54) is 0 Å². The van der Waals surface area contributed by atoms with E-state index in [0.717, 1.165) is 0 Å². The summed E-state index contributed by atoms with van der Waals surface area (Å²) in [5.74, 6) is -4.18. The third-order valence-electron chi connectivity index (χ3n) is 1.87.